The normalized spacial score (nSPS) is 15.5. The third-order valence-corrected chi connectivity index (χ3v) is 2.93. The van der Waals surface area contributed by atoms with Crippen molar-refractivity contribution in [3.05, 3.63) is 22.2 Å². The zero-order valence-corrected chi connectivity index (χ0v) is 10.4. The summed E-state index contributed by atoms with van der Waals surface area (Å²) in [6.45, 7) is 6.58. The van der Waals surface area contributed by atoms with Crippen LogP contribution in [0.25, 0.3) is 0 Å². The van der Waals surface area contributed by atoms with Crippen LogP contribution in [0.2, 0.25) is 5.15 Å². The van der Waals surface area contributed by atoms with E-state index in [1.54, 1.807) is 0 Å². The van der Waals surface area contributed by atoms with E-state index in [0.29, 0.717) is 5.15 Å². The van der Waals surface area contributed by atoms with Gasteiger partial charge in [0.05, 0.1) is 0 Å². The highest BCUT2D eigenvalue weighted by Crippen LogP contribution is 2.27. The average Bonchev–Trinajstić information content (AvgIpc) is 2.48. The number of hydrogen-bond acceptors (Lipinski definition) is 2. The second-order valence-corrected chi connectivity index (χ2v) is 5.80. The molecule has 0 fully saturated rings. The largest absolute Gasteiger partial charge is 0.238 e. The fourth-order valence-corrected chi connectivity index (χ4v) is 2.29. The van der Waals surface area contributed by atoms with Gasteiger partial charge in [-0.2, -0.15) is 0 Å². The molecule has 82 valence electrons. The second kappa shape index (κ2) is 3.75. The summed E-state index contributed by atoms with van der Waals surface area (Å²) in [6, 6.07) is 0. The third kappa shape index (κ3) is 2.49. The Morgan fingerprint density at radius 3 is 2.60 bits per heavy atom. The van der Waals surface area contributed by atoms with E-state index in [0.717, 1.165) is 25.1 Å². The Bertz CT molecular complexity index is 380. The smallest absolute Gasteiger partial charge is 0.136 e. The minimum Gasteiger partial charge on any atom is -0.238 e. The van der Waals surface area contributed by atoms with Crippen LogP contribution in [0.15, 0.2) is 0 Å². The molecule has 1 aliphatic carbocycles. The van der Waals surface area contributed by atoms with E-state index in [4.69, 9.17) is 11.6 Å². The van der Waals surface area contributed by atoms with Gasteiger partial charge in [0.1, 0.15) is 11.0 Å². The number of hydrogen-bond donors (Lipinski definition) is 0. The van der Waals surface area contributed by atoms with Gasteiger partial charge in [0.25, 0.3) is 0 Å². The maximum absolute atomic E-state index is 6.15. The van der Waals surface area contributed by atoms with Crippen LogP contribution < -0.4 is 0 Å². The average molecular weight is 225 g/mol. The van der Waals surface area contributed by atoms with Crippen molar-refractivity contribution >= 4 is 11.6 Å². The van der Waals surface area contributed by atoms with Crippen LogP contribution in [-0.4, -0.2) is 9.97 Å². The van der Waals surface area contributed by atoms with Gasteiger partial charge in [0.15, 0.2) is 0 Å². The van der Waals surface area contributed by atoms with Crippen molar-refractivity contribution in [2.75, 3.05) is 0 Å². The molecule has 0 unspecified atom stereocenters. The SMILES string of the molecule is CC(C)(C)Cc1nc(Cl)c2c(n1)CCC2. The first kappa shape index (κ1) is 10.9. The second-order valence-electron chi connectivity index (χ2n) is 5.45. The molecule has 0 bridgehead atoms. The third-order valence-electron chi connectivity index (χ3n) is 2.62. The molecule has 0 aromatic carbocycles. The van der Waals surface area contributed by atoms with Crippen molar-refractivity contribution in [3.8, 4) is 0 Å². The van der Waals surface area contributed by atoms with Crippen molar-refractivity contribution in [1.82, 2.24) is 9.97 Å². The van der Waals surface area contributed by atoms with Gasteiger partial charge in [-0.05, 0) is 24.7 Å². The van der Waals surface area contributed by atoms with Gasteiger partial charge in [0.2, 0.25) is 0 Å². The van der Waals surface area contributed by atoms with Gasteiger partial charge in [-0.1, -0.05) is 32.4 Å². The van der Waals surface area contributed by atoms with Crippen molar-refractivity contribution in [2.24, 2.45) is 5.41 Å². The van der Waals surface area contributed by atoms with E-state index in [9.17, 15) is 0 Å². The summed E-state index contributed by atoms with van der Waals surface area (Å²) in [5.74, 6) is 0.896. The van der Waals surface area contributed by atoms with E-state index >= 15 is 0 Å². The molecule has 3 heteroatoms. The quantitative estimate of drug-likeness (QED) is 0.685. The Kier molecular flexibility index (Phi) is 2.72. The van der Waals surface area contributed by atoms with E-state index in [2.05, 4.69) is 30.7 Å². The summed E-state index contributed by atoms with van der Waals surface area (Å²) >= 11 is 6.15. The minimum absolute atomic E-state index is 0.218. The first-order chi connectivity index (χ1) is 6.96. The monoisotopic (exact) mass is 224 g/mol. The zero-order chi connectivity index (χ0) is 11.1. The highest BCUT2D eigenvalue weighted by Gasteiger charge is 2.20. The lowest BCUT2D eigenvalue weighted by atomic mass is 9.92. The molecule has 1 heterocycles. The Morgan fingerprint density at radius 2 is 1.93 bits per heavy atom. The molecule has 1 aliphatic rings. The summed E-state index contributed by atoms with van der Waals surface area (Å²) < 4.78 is 0. The summed E-state index contributed by atoms with van der Waals surface area (Å²) in [6.07, 6.45) is 4.17. The molecule has 1 aromatic rings. The standard InChI is InChI=1S/C12H17ClN2/c1-12(2,3)7-10-14-9-6-4-5-8(9)11(13)15-10/h4-7H2,1-3H3. The maximum Gasteiger partial charge on any atom is 0.136 e. The zero-order valence-electron chi connectivity index (χ0n) is 9.60. The number of aromatic nitrogens is 2. The Morgan fingerprint density at radius 1 is 1.20 bits per heavy atom. The lowest BCUT2D eigenvalue weighted by Gasteiger charge is -2.17. The molecule has 2 nitrogen and oxygen atoms in total. The summed E-state index contributed by atoms with van der Waals surface area (Å²) in [4.78, 5) is 8.99. The number of rotatable bonds is 1. The number of nitrogens with zero attached hydrogens (tertiary/aromatic N) is 2. The number of halogens is 1. The van der Waals surface area contributed by atoms with Crippen LogP contribution in [0.3, 0.4) is 0 Å². The molecular formula is C12H17ClN2. The fraction of sp³-hybridized carbons (Fsp3) is 0.667. The van der Waals surface area contributed by atoms with E-state index in [1.807, 2.05) is 0 Å². The summed E-state index contributed by atoms with van der Waals surface area (Å²) in [5, 5.41) is 0.678. The molecule has 0 amide bonds. The van der Waals surface area contributed by atoms with Gasteiger partial charge in [-0.15, -0.1) is 0 Å². The van der Waals surface area contributed by atoms with Crippen LogP contribution in [-0.2, 0) is 19.3 Å². The summed E-state index contributed by atoms with van der Waals surface area (Å²) in [5.41, 5.74) is 2.57. The number of fused-ring (bicyclic) bond motifs is 1. The van der Waals surface area contributed by atoms with Gasteiger partial charge in [0, 0.05) is 17.7 Å². The van der Waals surface area contributed by atoms with E-state index in [-0.39, 0.29) is 5.41 Å². The Hall–Kier alpha value is -0.630. The number of aryl methyl sites for hydroxylation is 1. The predicted molar refractivity (Wildman–Crippen MR) is 62.2 cm³/mol. The molecule has 0 saturated heterocycles. The van der Waals surface area contributed by atoms with Crippen molar-refractivity contribution < 1.29 is 0 Å². The molecule has 2 rings (SSSR count). The van der Waals surface area contributed by atoms with Crippen LogP contribution in [0, 0.1) is 5.41 Å². The molecule has 0 radical (unpaired) electrons. The van der Waals surface area contributed by atoms with Crippen molar-refractivity contribution in [1.29, 1.82) is 0 Å². The highest BCUT2D eigenvalue weighted by atomic mass is 35.5. The van der Waals surface area contributed by atoms with Gasteiger partial charge < -0.3 is 0 Å². The van der Waals surface area contributed by atoms with Crippen LogP contribution in [0.5, 0.6) is 0 Å². The maximum atomic E-state index is 6.15. The van der Waals surface area contributed by atoms with Crippen LogP contribution in [0.4, 0.5) is 0 Å². The van der Waals surface area contributed by atoms with Gasteiger partial charge >= 0.3 is 0 Å². The topological polar surface area (TPSA) is 25.8 Å². The molecule has 15 heavy (non-hydrogen) atoms. The molecule has 0 saturated carbocycles. The molecular weight excluding hydrogens is 208 g/mol. The predicted octanol–water partition coefficient (Wildman–Crippen LogP) is 3.21. The molecule has 0 N–H and O–H groups in total. The molecule has 0 atom stereocenters. The molecule has 0 spiro atoms. The van der Waals surface area contributed by atoms with Gasteiger partial charge in [-0.25, -0.2) is 9.97 Å². The van der Waals surface area contributed by atoms with Crippen molar-refractivity contribution in [2.45, 2.75) is 46.5 Å². The first-order valence-corrected chi connectivity index (χ1v) is 5.88. The fourth-order valence-electron chi connectivity index (χ4n) is 1.99. The highest BCUT2D eigenvalue weighted by molar-refractivity contribution is 6.30. The van der Waals surface area contributed by atoms with Crippen molar-refractivity contribution in [3.63, 3.8) is 0 Å². The lowest BCUT2D eigenvalue weighted by Crippen LogP contribution is -2.13. The van der Waals surface area contributed by atoms with Crippen LogP contribution >= 0.6 is 11.6 Å². The summed E-state index contributed by atoms with van der Waals surface area (Å²) in [7, 11) is 0. The minimum atomic E-state index is 0.218. The van der Waals surface area contributed by atoms with Gasteiger partial charge in [-0.3, -0.25) is 0 Å². The van der Waals surface area contributed by atoms with Crippen LogP contribution in [0.1, 0.15) is 44.3 Å². The Labute approximate surface area is 96.1 Å². The lowest BCUT2D eigenvalue weighted by molar-refractivity contribution is 0.400. The molecule has 0 aliphatic heterocycles. The van der Waals surface area contributed by atoms with E-state index in [1.165, 1.54) is 17.7 Å². The molecule has 1 aromatic heterocycles. The first-order valence-electron chi connectivity index (χ1n) is 5.50. The van der Waals surface area contributed by atoms with E-state index < -0.39 is 0 Å². The Balaban J connectivity index is 2.32.